The van der Waals surface area contributed by atoms with Gasteiger partial charge < -0.3 is 0 Å². The molecule has 0 aliphatic rings. The van der Waals surface area contributed by atoms with E-state index in [1.807, 2.05) is 31.5 Å². The van der Waals surface area contributed by atoms with Crippen molar-refractivity contribution in [2.45, 2.75) is 13.8 Å². The molecule has 0 saturated carbocycles. The van der Waals surface area contributed by atoms with Crippen LogP contribution in [0.15, 0.2) is 61.1 Å². The first-order valence-electron chi connectivity index (χ1n) is 7.55. The van der Waals surface area contributed by atoms with E-state index in [-0.39, 0.29) is 0 Å². The van der Waals surface area contributed by atoms with Crippen LogP contribution in [0.3, 0.4) is 0 Å². The van der Waals surface area contributed by atoms with E-state index in [1.54, 1.807) is 6.20 Å². The highest BCUT2D eigenvalue weighted by atomic mass is 15.1. The highest BCUT2D eigenvalue weighted by molar-refractivity contribution is 5.82. The normalized spacial score (nSPS) is 11.0. The zero-order valence-corrected chi connectivity index (χ0v) is 13.1. The Hall–Kier alpha value is -3.01. The number of nitrogens with zero attached hydrogens (tertiary/aromatic N) is 4. The van der Waals surface area contributed by atoms with Crippen LogP contribution in [0, 0.1) is 13.8 Å². The highest BCUT2D eigenvalue weighted by Gasteiger charge is 2.14. The molecule has 0 N–H and O–H groups in total. The number of fused-ring (bicyclic) bond motifs is 1. The summed E-state index contributed by atoms with van der Waals surface area (Å²) >= 11 is 0. The summed E-state index contributed by atoms with van der Waals surface area (Å²) < 4.78 is 2.06. The third kappa shape index (κ3) is 2.38. The summed E-state index contributed by atoms with van der Waals surface area (Å²) in [7, 11) is 0. The molecule has 0 aliphatic carbocycles. The maximum Gasteiger partial charge on any atom is 0.146 e. The smallest absolute Gasteiger partial charge is 0.146 e. The maximum atomic E-state index is 4.79. The highest BCUT2D eigenvalue weighted by Crippen LogP contribution is 2.27. The number of imidazole rings is 1. The van der Waals surface area contributed by atoms with Gasteiger partial charge in [0.2, 0.25) is 0 Å². The summed E-state index contributed by atoms with van der Waals surface area (Å²) in [5.41, 5.74) is 5.30. The van der Waals surface area contributed by atoms with Crippen molar-refractivity contribution in [1.82, 2.24) is 19.5 Å². The van der Waals surface area contributed by atoms with Crippen molar-refractivity contribution in [3.8, 4) is 17.2 Å². The fraction of sp³-hybridized carbons (Fsp3) is 0.105. The van der Waals surface area contributed by atoms with E-state index in [2.05, 4.69) is 51.8 Å². The second-order valence-electron chi connectivity index (χ2n) is 5.69. The molecule has 4 heteroatoms. The molecule has 0 saturated heterocycles. The standard InChI is InChI=1S/C19H16N4/c1-13-3-6-15(7-4-13)19-22-16-9-10-20-12-17(16)23(19)18-8-5-14(2)11-21-18/h3-12H,1-2H3. The van der Waals surface area contributed by atoms with Gasteiger partial charge in [0.05, 0.1) is 17.2 Å². The maximum absolute atomic E-state index is 4.79. The molecule has 1 aromatic carbocycles. The van der Waals surface area contributed by atoms with Crippen LogP contribution >= 0.6 is 0 Å². The Morgan fingerprint density at radius 2 is 1.61 bits per heavy atom. The average molecular weight is 300 g/mol. The SMILES string of the molecule is Cc1ccc(-c2nc3ccncc3n2-c2ccc(C)cn2)cc1. The van der Waals surface area contributed by atoms with Gasteiger partial charge in [-0.25, -0.2) is 9.97 Å². The molecule has 4 nitrogen and oxygen atoms in total. The van der Waals surface area contributed by atoms with Crippen LogP contribution in [0.4, 0.5) is 0 Å². The van der Waals surface area contributed by atoms with Gasteiger partial charge in [0, 0.05) is 18.0 Å². The first-order chi connectivity index (χ1) is 11.2. The molecule has 0 fully saturated rings. The molecule has 0 spiro atoms. The molecule has 112 valence electrons. The van der Waals surface area contributed by atoms with E-state index >= 15 is 0 Å². The topological polar surface area (TPSA) is 43.6 Å². The second kappa shape index (κ2) is 5.32. The van der Waals surface area contributed by atoms with Gasteiger partial charge in [-0.2, -0.15) is 0 Å². The molecule has 0 amide bonds. The summed E-state index contributed by atoms with van der Waals surface area (Å²) in [5.74, 6) is 1.73. The monoisotopic (exact) mass is 300 g/mol. The van der Waals surface area contributed by atoms with Gasteiger partial charge in [-0.05, 0) is 31.5 Å². The van der Waals surface area contributed by atoms with E-state index in [4.69, 9.17) is 4.98 Å². The molecule has 0 unspecified atom stereocenters. The Bertz CT molecular complexity index is 967. The van der Waals surface area contributed by atoms with E-state index < -0.39 is 0 Å². The molecule has 0 atom stereocenters. The fourth-order valence-corrected chi connectivity index (χ4v) is 2.64. The Kier molecular flexibility index (Phi) is 3.15. The van der Waals surface area contributed by atoms with Crippen LogP contribution in [0.5, 0.6) is 0 Å². The number of aryl methyl sites for hydroxylation is 2. The van der Waals surface area contributed by atoms with Crippen molar-refractivity contribution in [2.24, 2.45) is 0 Å². The zero-order chi connectivity index (χ0) is 15.8. The number of pyridine rings is 2. The molecule has 0 aliphatic heterocycles. The summed E-state index contributed by atoms with van der Waals surface area (Å²) in [6.07, 6.45) is 5.47. The van der Waals surface area contributed by atoms with E-state index in [9.17, 15) is 0 Å². The van der Waals surface area contributed by atoms with Crippen molar-refractivity contribution in [2.75, 3.05) is 0 Å². The first-order valence-corrected chi connectivity index (χ1v) is 7.55. The minimum atomic E-state index is 0.849. The van der Waals surface area contributed by atoms with Crippen LogP contribution in [-0.2, 0) is 0 Å². The van der Waals surface area contributed by atoms with Gasteiger partial charge in [0.25, 0.3) is 0 Å². The Balaban J connectivity index is 2.01. The fourth-order valence-electron chi connectivity index (χ4n) is 2.64. The molecule has 4 aromatic rings. The molecule has 0 bridgehead atoms. The summed E-state index contributed by atoms with van der Waals surface area (Å²) in [6, 6.07) is 14.4. The van der Waals surface area contributed by atoms with Gasteiger partial charge in [-0.3, -0.25) is 9.55 Å². The van der Waals surface area contributed by atoms with E-state index in [1.165, 1.54) is 5.56 Å². The van der Waals surface area contributed by atoms with Crippen molar-refractivity contribution >= 4 is 11.0 Å². The van der Waals surface area contributed by atoms with Crippen LogP contribution in [0.2, 0.25) is 0 Å². The van der Waals surface area contributed by atoms with Crippen molar-refractivity contribution in [3.63, 3.8) is 0 Å². The average Bonchev–Trinajstić information content (AvgIpc) is 2.96. The number of aromatic nitrogens is 4. The zero-order valence-electron chi connectivity index (χ0n) is 13.1. The lowest BCUT2D eigenvalue weighted by Crippen LogP contribution is -2.00. The van der Waals surface area contributed by atoms with E-state index in [0.717, 1.165) is 33.8 Å². The third-order valence-electron chi connectivity index (χ3n) is 3.89. The van der Waals surface area contributed by atoms with Gasteiger partial charge in [-0.1, -0.05) is 35.9 Å². The van der Waals surface area contributed by atoms with Gasteiger partial charge in [0.15, 0.2) is 0 Å². The summed E-state index contributed by atoms with van der Waals surface area (Å²) in [4.78, 5) is 13.6. The van der Waals surface area contributed by atoms with Gasteiger partial charge in [0.1, 0.15) is 11.6 Å². The van der Waals surface area contributed by atoms with Gasteiger partial charge in [-0.15, -0.1) is 0 Å². The van der Waals surface area contributed by atoms with Crippen molar-refractivity contribution in [1.29, 1.82) is 0 Å². The minimum absolute atomic E-state index is 0.849. The van der Waals surface area contributed by atoms with E-state index in [0.29, 0.717) is 0 Å². The second-order valence-corrected chi connectivity index (χ2v) is 5.69. The predicted octanol–water partition coefficient (Wildman–Crippen LogP) is 4.10. The number of hydrogen-bond acceptors (Lipinski definition) is 3. The first kappa shape index (κ1) is 13.6. The largest absolute Gasteiger partial charge is 0.275 e. The lowest BCUT2D eigenvalue weighted by Gasteiger charge is -2.09. The number of benzene rings is 1. The van der Waals surface area contributed by atoms with Crippen molar-refractivity contribution in [3.05, 3.63) is 72.2 Å². The predicted molar refractivity (Wildman–Crippen MR) is 91.6 cm³/mol. The van der Waals surface area contributed by atoms with Crippen LogP contribution < -0.4 is 0 Å². The minimum Gasteiger partial charge on any atom is -0.275 e. The lowest BCUT2D eigenvalue weighted by atomic mass is 10.1. The molecule has 3 aromatic heterocycles. The Morgan fingerprint density at radius 1 is 0.826 bits per heavy atom. The lowest BCUT2D eigenvalue weighted by molar-refractivity contribution is 1.02. The third-order valence-corrected chi connectivity index (χ3v) is 3.89. The summed E-state index contributed by atoms with van der Waals surface area (Å²) in [5, 5.41) is 0. The summed E-state index contributed by atoms with van der Waals surface area (Å²) in [6.45, 7) is 4.11. The number of hydrogen-bond donors (Lipinski definition) is 0. The van der Waals surface area contributed by atoms with Gasteiger partial charge >= 0.3 is 0 Å². The van der Waals surface area contributed by atoms with Crippen LogP contribution in [0.25, 0.3) is 28.2 Å². The Morgan fingerprint density at radius 3 is 2.35 bits per heavy atom. The van der Waals surface area contributed by atoms with Crippen LogP contribution in [-0.4, -0.2) is 19.5 Å². The molecule has 23 heavy (non-hydrogen) atoms. The Labute approximate surface area is 134 Å². The molecular weight excluding hydrogens is 284 g/mol. The molecular formula is C19H16N4. The molecule has 0 radical (unpaired) electrons. The number of rotatable bonds is 2. The molecule has 3 heterocycles. The van der Waals surface area contributed by atoms with Crippen LogP contribution in [0.1, 0.15) is 11.1 Å². The molecule has 4 rings (SSSR count). The van der Waals surface area contributed by atoms with Crippen molar-refractivity contribution < 1.29 is 0 Å². The quantitative estimate of drug-likeness (QED) is 0.560.